The molecule has 17 heavy (non-hydrogen) atoms. The monoisotopic (exact) mass is 232 g/mol. The van der Waals surface area contributed by atoms with Crippen LogP contribution in [0.4, 0.5) is 5.69 Å². The van der Waals surface area contributed by atoms with Crippen LogP contribution in [0.3, 0.4) is 0 Å². The lowest BCUT2D eigenvalue weighted by atomic mass is 10.0. The van der Waals surface area contributed by atoms with Gasteiger partial charge in [-0.15, -0.1) is 0 Å². The molecule has 1 unspecified atom stereocenters. The largest absolute Gasteiger partial charge is 0.379 e. The van der Waals surface area contributed by atoms with E-state index in [0.717, 1.165) is 37.4 Å². The highest BCUT2D eigenvalue weighted by molar-refractivity contribution is 5.99. The average Bonchev–Trinajstić information content (AvgIpc) is 2.70. The van der Waals surface area contributed by atoms with Gasteiger partial charge in [-0.2, -0.15) is 0 Å². The molecule has 2 aliphatic rings. The number of hydrogen-bond donors (Lipinski definition) is 2. The molecule has 4 nitrogen and oxygen atoms in total. The number of nitrogens with one attached hydrogen (secondary N) is 2. The summed E-state index contributed by atoms with van der Waals surface area (Å²) in [6.45, 7) is 2.50. The van der Waals surface area contributed by atoms with E-state index in [1.807, 2.05) is 6.07 Å². The third-order valence-electron chi connectivity index (χ3n) is 3.28. The lowest BCUT2D eigenvalue weighted by molar-refractivity contribution is -0.115. The summed E-state index contributed by atoms with van der Waals surface area (Å²) < 4.78 is 5.44. The summed E-state index contributed by atoms with van der Waals surface area (Å²) in [4.78, 5) is 11.3. The van der Waals surface area contributed by atoms with E-state index in [9.17, 15) is 4.79 Å². The summed E-state index contributed by atoms with van der Waals surface area (Å²) in [5, 5.41) is 6.29. The highest BCUT2D eigenvalue weighted by Crippen LogP contribution is 2.24. The molecule has 2 N–H and O–H groups in total. The predicted molar refractivity (Wildman–Crippen MR) is 65.1 cm³/mol. The predicted octanol–water partition coefficient (Wildman–Crippen LogP) is 0.712. The van der Waals surface area contributed by atoms with Gasteiger partial charge in [-0.1, -0.05) is 12.1 Å². The highest BCUT2D eigenvalue weighted by atomic mass is 16.5. The third kappa shape index (κ3) is 2.33. The number of amides is 1. The topological polar surface area (TPSA) is 50.4 Å². The molecule has 1 aromatic rings. The first kappa shape index (κ1) is 10.7. The van der Waals surface area contributed by atoms with Crippen molar-refractivity contribution in [2.75, 3.05) is 25.1 Å². The molecule has 2 heterocycles. The van der Waals surface area contributed by atoms with E-state index in [4.69, 9.17) is 4.74 Å². The molecule has 0 aliphatic carbocycles. The van der Waals surface area contributed by atoms with E-state index in [0.29, 0.717) is 12.5 Å². The van der Waals surface area contributed by atoms with Crippen LogP contribution < -0.4 is 10.6 Å². The summed E-state index contributed by atoms with van der Waals surface area (Å²) in [6.07, 6.45) is 1.47. The summed E-state index contributed by atoms with van der Waals surface area (Å²) in [7, 11) is 0. The van der Waals surface area contributed by atoms with E-state index in [-0.39, 0.29) is 5.91 Å². The van der Waals surface area contributed by atoms with Crippen LogP contribution in [0.2, 0.25) is 0 Å². The molecule has 0 aromatic heterocycles. The molecule has 0 spiro atoms. The highest BCUT2D eigenvalue weighted by Gasteiger charge is 2.19. The number of anilines is 1. The van der Waals surface area contributed by atoms with Crippen molar-refractivity contribution in [1.82, 2.24) is 5.32 Å². The Morgan fingerprint density at radius 2 is 2.35 bits per heavy atom. The molecule has 0 radical (unpaired) electrons. The number of rotatable bonds is 2. The number of carbonyl (C=O) groups excluding carboxylic acids is 1. The fourth-order valence-corrected chi connectivity index (χ4v) is 2.44. The maximum atomic E-state index is 11.3. The van der Waals surface area contributed by atoms with Crippen LogP contribution in [0.25, 0.3) is 0 Å². The Labute approximate surface area is 100 Å². The number of ether oxygens (including phenoxy) is 1. The lowest BCUT2D eigenvalue weighted by Crippen LogP contribution is -2.42. The number of morpholine rings is 1. The second-order valence-corrected chi connectivity index (χ2v) is 4.65. The van der Waals surface area contributed by atoms with Crippen LogP contribution in [0.1, 0.15) is 11.1 Å². The van der Waals surface area contributed by atoms with Gasteiger partial charge >= 0.3 is 0 Å². The fourth-order valence-electron chi connectivity index (χ4n) is 2.44. The van der Waals surface area contributed by atoms with Crippen LogP contribution in [0.15, 0.2) is 18.2 Å². The van der Waals surface area contributed by atoms with Crippen molar-refractivity contribution < 1.29 is 9.53 Å². The molecule has 1 aromatic carbocycles. The lowest BCUT2D eigenvalue weighted by Gasteiger charge is -2.23. The Balaban J connectivity index is 1.72. The smallest absolute Gasteiger partial charge is 0.228 e. The van der Waals surface area contributed by atoms with Crippen molar-refractivity contribution in [3.05, 3.63) is 29.3 Å². The Morgan fingerprint density at radius 3 is 3.18 bits per heavy atom. The van der Waals surface area contributed by atoms with Crippen molar-refractivity contribution in [3.63, 3.8) is 0 Å². The van der Waals surface area contributed by atoms with Crippen molar-refractivity contribution in [2.45, 2.75) is 18.9 Å². The molecule has 1 fully saturated rings. The first-order valence-electron chi connectivity index (χ1n) is 6.04. The molecule has 2 aliphatic heterocycles. The van der Waals surface area contributed by atoms with Gasteiger partial charge in [0.15, 0.2) is 0 Å². The number of benzene rings is 1. The molecular weight excluding hydrogens is 216 g/mol. The molecular formula is C13H16N2O2. The molecule has 1 atom stereocenters. The zero-order valence-corrected chi connectivity index (χ0v) is 9.66. The minimum Gasteiger partial charge on any atom is -0.379 e. The van der Waals surface area contributed by atoms with E-state index in [2.05, 4.69) is 22.8 Å². The average molecular weight is 232 g/mol. The number of fused-ring (bicyclic) bond motifs is 1. The Morgan fingerprint density at radius 1 is 1.41 bits per heavy atom. The van der Waals surface area contributed by atoms with Crippen molar-refractivity contribution in [3.8, 4) is 0 Å². The summed E-state index contributed by atoms with van der Waals surface area (Å²) in [5.74, 6) is 0.0938. The molecule has 0 saturated carbocycles. The van der Waals surface area contributed by atoms with Crippen molar-refractivity contribution >= 4 is 11.6 Å². The molecule has 1 amide bonds. The quantitative estimate of drug-likeness (QED) is 0.789. The zero-order chi connectivity index (χ0) is 11.7. The first-order chi connectivity index (χ1) is 8.31. The fraction of sp³-hybridized carbons (Fsp3) is 0.462. The Kier molecular flexibility index (Phi) is 2.82. The van der Waals surface area contributed by atoms with E-state index in [1.165, 1.54) is 5.56 Å². The maximum absolute atomic E-state index is 11.3. The summed E-state index contributed by atoms with van der Waals surface area (Å²) >= 11 is 0. The molecule has 3 rings (SSSR count). The standard InChI is InChI=1S/C13H16N2O2/c16-13-7-10-5-9(1-2-12(10)15-13)6-11-8-17-4-3-14-11/h1-2,5,11,14H,3-4,6-8H2,(H,15,16). The van der Waals surface area contributed by atoms with E-state index < -0.39 is 0 Å². The van der Waals surface area contributed by atoms with Gasteiger partial charge in [-0.3, -0.25) is 4.79 Å². The van der Waals surface area contributed by atoms with Crippen LogP contribution in [-0.2, 0) is 22.4 Å². The van der Waals surface area contributed by atoms with Gasteiger partial charge in [-0.05, 0) is 23.6 Å². The van der Waals surface area contributed by atoms with Gasteiger partial charge in [0.2, 0.25) is 5.91 Å². The molecule has 0 bridgehead atoms. The normalized spacial score (nSPS) is 23.3. The van der Waals surface area contributed by atoms with Crippen LogP contribution >= 0.6 is 0 Å². The molecule has 90 valence electrons. The van der Waals surface area contributed by atoms with Crippen molar-refractivity contribution in [1.29, 1.82) is 0 Å². The minimum absolute atomic E-state index is 0.0938. The number of hydrogen-bond acceptors (Lipinski definition) is 3. The van der Waals surface area contributed by atoms with Gasteiger partial charge in [0.25, 0.3) is 0 Å². The second kappa shape index (κ2) is 4.47. The van der Waals surface area contributed by atoms with Gasteiger partial charge < -0.3 is 15.4 Å². The summed E-state index contributed by atoms with van der Waals surface area (Å²) in [5.41, 5.74) is 3.35. The van der Waals surface area contributed by atoms with Crippen molar-refractivity contribution in [2.24, 2.45) is 0 Å². The summed E-state index contributed by atoms with van der Waals surface area (Å²) in [6, 6.07) is 6.61. The molecule has 4 heteroatoms. The van der Waals surface area contributed by atoms with Gasteiger partial charge in [0.05, 0.1) is 19.6 Å². The molecule has 1 saturated heterocycles. The van der Waals surface area contributed by atoms with Gasteiger partial charge in [0.1, 0.15) is 0 Å². The van der Waals surface area contributed by atoms with Crippen LogP contribution in [0.5, 0.6) is 0 Å². The maximum Gasteiger partial charge on any atom is 0.228 e. The third-order valence-corrected chi connectivity index (χ3v) is 3.28. The minimum atomic E-state index is 0.0938. The Hall–Kier alpha value is -1.39. The van der Waals surface area contributed by atoms with Crippen LogP contribution in [-0.4, -0.2) is 31.7 Å². The van der Waals surface area contributed by atoms with Gasteiger partial charge in [0, 0.05) is 18.3 Å². The number of carbonyl (C=O) groups is 1. The zero-order valence-electron chi connectivity index (χ0n) is 9.66. The first-order valence-corrected chi connectivity index (χ1v) is 6.04. The second-order valence-electron chi connectivity index (χ2n) is 4.65. The van der Waals surface area contributed by atoms with Gasteiger partial charge in [-0.25, -0.2) is 0 Å². The van der Waals surface area contributed by atoms with Crippen LogP contribution in [0, 0.1) is 0 Å². The Bertz CT molecular complexity index is 439. The van der Waals surface area contributed by atoms with E-state index in [1.54, 1.807) is 0 Å². The SMILES string of the molecule is O=C1Cc2cc(CC3COCCN3)ccc2N1. The van der Waals surface area contributed by atoms with E-state index >= 15 is 0 Å².